The van der Waals surface area contributed by atoms with Crippen molar-refractivity contribution in [2.45, 2.75) is 26.8 Å². The van der Waals surface area contributed by atoms with E-state index in [0.717, 1.165) is 12.1 Å². The van der Waals surface area contributed by atoms with Gasteiger partial charge >= 0.3 is 0 Å². The molecular weight excluding hydrogens is 214 g/mol. The SMILES string of the molecule is CC(C)CN(Cc1cccnc1)C(=O)CCN. The molecule has 1 aromatic heterocycles. The van der Waals surface area contributed by atoms with Gasteiger partial charge in [0.2, 0.25) is 5.91 Å². The Morgan fingerprint density at radius 2 is 2.29 bits per heavy atom. The van der Waals surface area contributed by atoms with Crippen LogP contribution in [0.1, 0.15) is 25.8 Å². The minimum Gasteiger partial charge on any atom is -0.338 e. The quantitative estimate of drug-likeness (QED) is 0.811. The van der Waals surface area contributed by atoms with Gasteiger partial charge in [-0.3, -0.25) is 9.78 Å². The summed E-state index contributed by atoms with van der Waals surface area (Å²) >= 11 is 0. The van der Waals surface area contributed by atoms with E-state index in [-0.39, 0.29) is 5.91 Å². The number of aromatic nitrogens is 1. The normalized spacial score (nSPS) is 10.6. The number of rotatable bonds is 6. The number of hydrogen-bond acceptors (Lipinski definition) is 3. The molecule has 0 saturated carbocycles. The van der Waals surface area contributed by atoms with Crippen molar-refractivity contribution >= 4 is 5.91 Å². The molecular formula is C13H21N3O. The van der Waals surface area contributed by atoms with E-state index in [0.29, 0.717) is 25.4 Å². The lowest BCUT2D eigenvalue weighted by atomic mass is 10.1. The van der Waals surface area contributed by atoms with Gasteiger partial charge in [0.1, 0.15) is 0 Å². The van der Waals surface area contributed by atoms with Crippen LogP contribution in [0.3, 0.4) is 0 Å². The van der Waals surface area contributed by atoms with Crippen molar-refractivity contribution in [3.63, 3.8) is 0 Å². The van der Waals surface area contributed by atoms with E-state index >= 15 is 0 Å². The third kappa shape index (κ3) is 4.95. The molecule has 4 heteroatoms. The molecule has 0 saturated heterocycles. The summed E-state index contributed by atoms with van der Waals surface area (Å²) in [5.74, 6) is 0.568. The molecule has 94 valence electrons. The monoisotopic (exact) mass is 235 g/mol. The third-order valence-electron chi connectivity index (χ3n) is 2.39. The zero-order valence-electron chi connectivity index (χ0n) is 10.6. The van der Waals surface area contributed by atoms with Gasteiger partial charge in [-0.2, -0.15) is 0 Å². The highest BCUT2D eigenvalue weighted by molar-refractivity contribution is 5.76. The van der Waals surface area contributed by atoms with Gasteiger partial charge in [0, 0.05) is 38.4 Å². The van der Waals surface area contributed by atoms with Crippen LogP contribution in [0.15, 0.2) is 24.5 Å². The van der Waals surface area contributed by atoms with Crippen molar-refractivity contribution in [1.82, 2.24) is 9.88 Å². The number of amides is 1. The number of nitrogens with two attached hydrogens (primary N) is 1. The van der Waals surface area contributed by atoms with Crippen LogP contribution in [0.5, 0.6) is 0 Å². The molecule has 1 amide bonds. The van der Waals surface area contributed by atoms with Gasteiger partial charge in [0.25, 0.3) is 0 Å². The first-order valence-electron chi connectivity index (χ1n) is 6.00. The summed E-state index contributed by atoms with van der Waals surface area (Å²) in [6.45, 7) is 5.98. The molecule has 0 aliphatic heterocycles. The van der Waals surface area contributed by atoms with Crippen molar-refractivity contribution in [3.05, 3.63) is 30.1 Å². The average Bonchev–Trinajstić information content (AvgIpc) is 2.29. The number of nitrogens with zero attached hydrogens (tertiary/aromatic N) is 2. The minimum atomic E-state index is 0.116. The highest BCUT2D eigenvalue weighted by Gasteiger charge is 2.14. The number of carbonyl (C=O) groups is 1. The third-order valence-corrected chi connectivity index (χ3v) is 2.39. The predicted molar refractivity (Wildman–Crippen MR) is 68.2 cm³/mol. The van der Waals surface area contributed by atoms with Crippen LogP contribution >= 0.6 is 0 Å². The Balaban J connectivity index is 2.66. The molecule has 1 aromatic rings. The lowest BCUT2D eigenvalue weighted by Gasteiger charge is -2.24. The van der Waals surface area contributed by atoms with E-state index in [1.54, 1.807) is 12.4 Å². The fraction of sp³-hybridized carbons (Fsp3) is 0.538. The second-order valence-electron chi connectivity index (χ2n) is 4.57. The van der Waals surface area contributed by atoms with Crippen LogP contribution in [0.25, 0.3) is 0 Å². The van der Waals surface area contributed by atoms with Crippen molar-refractivity contribution < 1.29 is 4.79 Å². The van der Waals surface area contributed by atoms with Crippen LogP contribution in [-0.4, -0.2) is 28.9 Å². The Kier molecular flexibility index (Phi) is 5.63. The van der Waals surface area contributed by atoms with Crippen molar-refractivity contribution in [1.29, 1.82) is 0 Å². The van der Waals surface area contributed by atoms with Crippen LogP contribution < -0.4 is 5.73 Å². The smallest absolute Gasteiger partial charge is 0.224 e. The molecule has 17 heavy (non-hydrogen) atoms. The van der Waals surface area contributed by atoms with Gasteiger partial charge in [0.15, 0.2) is 0 Å². The van der Waals surface area contributed by atoms with Crippen molar-refractivity contribution in [2.75, 3.05) is 13.1 Å². The average molecular weight is 235 g/mol. The highest BCUT2D eigenvalue weighted by Crippen LogP contribution is 2.07. The molecule has 0 fully saturated rings. The fourth-order valence-electron chi connectivity index (χ4n) is 1.69. The van der Waals surface area contributed by atoms with Crippen molar-refractivity contribution in [2.24, 2.45) is 11.7 Å². The zero-order valence-corrected chi connectivity index (χ0v) is 10.6. The zero-order chi connectivity index (χ0) is 12.7. The molecule has 4 nitrogen and oxygen atoms in total. The van der Waals surface area contributed by atoms with Crippen LogP contribution in [0, 0.1) is 5.92 Å². The number of carbonyl (C=O) groups excluding carboxylic acids is 1. The fourth-order valence-corrected chi connectivity index (χ4v) is 1.69. The molecule has 1 heterocycles. The Morgan fingerprint density at radius 3 is 2.82 bits per heavy atom. The lowest BCUT2D eigenvalue weighted by Crippen LogP contribution is -2.34. The van der Waals surface area contributed by atoms with Gasteiger partial charge in [-0.05, 0) is 17.5 Å². The van der Waals surface area contributed by atoms with Gasteiger partial charge in [-0.25, -0.2) is 0 Å². The Bertz CT molecular complexity index is 338. The maximum Gasteiger partial charge on any atom is 0.224 e. The Morgan fingerprint density at radius 1 is 1.53 bits per heavy atom. The Labute approximate surface area is 103 Å². The maximum atomic E-state index is 11.9. The van der Waals surface area contributed by atoms with E-state index in [9.17, 15) is 4.79 Å². The summed E-state index contributed by atoms with van der Waals surface area (Å²) in [4.78, 5) is 17.8. The van der Waals surface area contributed by atoms with E-state index < -0.39 is 0 Å². The van der Waals surface area contributed by atoms with E-state index in [4.69, 9.17) is 5.73 Å². The van der Waals surface area contributed by atoms with Gasteiger partial charge in [-0.1, -0.05) is 19.9 Å². The van der Waals surface area contributed by atoms with Gasteiger partial charge in [0.05, 0.1) is 0 Å². The first kappa shape index (κ1) is 13.6. The summed E-state index contributed by atoms with van der Waals surface area (Å²) in [5, 5.41) is 0. The maximum absolute atomic E-state index is 11.9. The molecule has 0 unspecified atom stereocenters. The second kappa shape index (κ2) is 7.01. The van der Waals surface area contributed by atoms with Gasteiger partial charge < -0.3 is 10.6 Å². The Hall–Kier alpha value is -1.42. The molecule has 2 N–H and O–H groups in total. The van der Waals surface area contributed by atoms with E-state index in [1.807, 2.05) is 17.0 Å². The van der Waals surface area contributed by atoms with Crippen molar-refractivity contribution in [3.8, 4) is 0 Å². The van der Waals surface area contributed by atoms with Crippen LogP contribution in [0.2, 0.25) is 0 Å². The molecule has 0 spiro atoms. The topological polar surface area (TPSA) is 59.2 Å². The largest absolute Gasteiger partial charge is 0.338 e. The summed E-state index contributed by atoms with van der Waals surface area (Å²) in [6, 6.07) is 3.87. The van der Waals surface area contributed by atoms with E-state index in [2.05, 4.69) is 18.8 Å². The van der Waals surface area contributed by atoms with Crippen LogP contribution in [-0.2, 0) is 11.3 Å². The number of hydrogen-bond donors (Lipinski definition) is 1. The standard InChI is InChI=1S/C13H21N3O/c1-11(2)9-16(13(17)5-6-14)10-12-4-3-7-15-8-12/h3-4,7-8,11H,5-6,9-10,14H2,1-2H3. The molecule has 1 rings (SSSR count). The minimum absolute atomic E-state index is 0.116. The molecule has 0 radical (unpaired) electrons. The summed E-state index contributed by atoms with van der Waals surface area (Å²) in [5.41, 5.74) is 6.49. The van der Waals surface area contributed by atoms with E-state index in [1.165, 1.54) is 0 Å². The molecule has 0 bridgehead atoms. The summed E-state index contributed by atoms with van der Waals surface area (Å²) in [7, 11) is 0. The second-order valence-corrected chi connectivity index (χ2v) is 4.57. The first-order valence-corrected chi connectivity index (χ1v) is 6.00. The van der Waals surface area contributed by atoms with Gasteiger partial charge in [-0.15, -0.1) is 0 Å². The molecule has 0 atom stereocenters. The predicted octanol–water partition coefficient (Wildman–Crippen LogP) is 1.41. The molecule has 0 aliphatic rings. The summed E-state index contributed by atoms with van der Waals surface area (Å²) in [6.07, 6.45) is 3.94. The molecule has 0 aromatic carbocycles. The first-order chi connectivity index (χ1) is 8.13. The summed E-state index contributed by atoms with van der Waals surface area (Å²) < 4.78 is 0. The number of pyridine rings is 1. The lowest BCUT2D eigenvalue weighted by molar-refractivity contribution is -0.132. The molecule has 0 aliphatic carbocycles. The van der Waals surface area contributed by atoms with Crippen LogP contribution in [0.4, 0.5) is 0 Å². The highest BCUT2D eigenvalue weighted by atomic mass is 16.2.